The molecule has 0 bridgehead atoms. The molecule has 0 spiro atoms. The van der Waals surface area contributed by atoms with Crippen LogP contribution >= 0.6 is 0 Å². The number of nitriles is 1. The first-order chi connectivity index (χ1) is 5.70. The molecule has 0 aliphatic carbocycles. The molecule has 0 fully saturated rings. The Bertz CT molecular complexity index is 208. The predicted molar refractivity (Wildman–Crippen MR) is 36.5 cm³/mol. The molecular formula is C6H8N2O4. The van der Waals surface area contributed by atoms with Crippen LogP contribution in [0.1, 0.15) is 13.3 Å². The van der Waals surface area contributed by atoms with Crippen molar-refractivity contribution in [3.05, 3.63) is 0 Å². The second kappa shape index (κ2) is 5.97. The van der Waals surface area contributed by atoms with E-state index in [2.05, 4.69) is 9.57 Å². The number of ether oxygens (including phenoxy) is 1. The molecule has 66 valence electrons. The summed E-state index contributed by atoms with van der Waals surface area (Å²) in [6.07, 6.45) is -1.27. The van der Waals surface area contributed by atoms with Gasteiger partial charge in [-0.25, -0.2) is 9.59 Å². The van der Waals surface area contributed by atoms with E-state index in [1.54, 1.807) is 18.5 Å². The predicted octanol–water partition coefficient (Wildman–Crippen LogP) is 0.104. The van der Waals surface area contributed by atoms with Crippen LogP contribution in [-0.2, 0) is 14.4 Å². The van der Waals surface area contributed by atoms with Crippen molar-refractivity contribution in [2.24, 2.45) is 0 Å². The zero-order valence-electron chi connectivity index (χ0n) is 6.49. The molecule has 0 saturated heterocycles. The number of hydrogen-bond donors (Lipinski definition) is 1. The van der Waals surface area contributed by atoms with Gasteiger partial charge in [0.15, 0.2) is 0 Å². The van der Waals surface area contributed by atoms with Crippen LogP contribution < -0.4 is 5.48 Å². The number of hydrogen-bond acceptors (Lipinski definition) is 5. The molecule has 0 aromatic heterocycles. The third-order valence-electron chi connectivity index (χ3n) is 0.747. The Kier molecular flexibility index (Phi) is 5.09. The highest BCUT2D eigenvalue weighted by Crippen LogP contribution is 1.82. The fourth-order valence-electron chi connectivity index (χ4n) is 0.360. The van der Waals surface area contributed by atoms with E-state index in [1.807, 2.05) is 0 Å². The lowest BCUT2D eigenvalue weighted by Gasteiger charge is -2.02. The Balaban J connectivity index is 3.48. The number of nitrogens with zero attached hydrogens (tertiary/aromatic N) is 1. The Labute approximate surface area is 69.0 Å². The molecule has 0 unspecified atom stereocenters. The van der Waals surface area contributed by atoms with Crippen LogP contribution in [0.15, 0.2) is 0 Å². The van der Waals surface area contributed by atoms with E-state index in [0.717, 1.165) is 0 Å². The van der Waals surface area contributed by atoms with E-state index < -0.39 is 18.5 Å². The van der Waals surface area contributed by atoms with E-state index in [9.17, 15) is 9.59 Å². The molecule has 1 N–H and O–H groups in total. The molecule has 0 aliphatic heterocycles. The summed E-state index contributed by atoms with van der Waals surface area (Å²) in [5.41, 5.74) is 1.71. The maximum atomic E-state index is 10.5. The van der Waals surface area contributed by atoms with E-state index >= 15 is 0 Å². The molecule has 0 radical (unpaired) electrons. The van der Waals surface area contributed by atoms with Gasteiger partial charge in [-0.1, -0.05) is 0 Å². The van der Waals surface area contributed by atoms with Gasteiger partial charge < -0.3 is 9.57 Å². The Morgan fingerprint density at radius 2 is 2.25 bits per heavy atom. The second-order valence-electron chi connectivity index (χ2n) is 1.63. The van der Waals surface area contributed by atoms with Gasteiger partial charge in [0.05, 0.1) is 12.7 Å². The lowest BCUT2D eigenvalue weighted by Crippen LogP contribution is -2.27. The van der Waals surface area contributed by atoms with Crippen LogP contribution in [0.3, 0.4) is 0 Å². The summed E-state index contributed by atoms with van der Waals surface area (Å²) < 4.78 is 4.36. The van der Waals surface area contributed by atoms with Crippen molar-refractivity contribution in [2.45, 2.75) is 13.3 Å². The molecule has 12 heavy (non-hydrogen) atoms. The second-order valence-corrected chi connectivity index (χ2v) is 1.63. The monoisotopic (exact) mass is 172 g/mol. The molecular weight excluding hydrogens is 164 g/mol. The van der Waals surface area contributed by atoms with Gasteiger partial charge in [-0.05, 0) is 6.92 Å². The number of carbonyl (C=O) groups is 2. The molecule has 0 aromatic carbocycles. The lowest BCUT2D eigenvalue weighted by atomic mass is 10.5. The molecule has 0 heterocycles. The molecule has 6 heteroatoms. The normalized spacial score (nSPS) is 8.00. The third kappa shape index (κ3) is 5.05. The number of carbonyl (C=O) groups excluding carboxylic acids is 2. The zero-order chi connectivity index (χ0) is 9.40. The summed E-state index contributed by atoms with van der Waals surface area (Å²) in [5.74, 6) is -0.828. The van der Waals surface area contributed by atoms with Gasteiger partial charge in [0.2, 0.25) is 0 Å². The summed E-state index contributed by atoms with van der Waals surface area (Å²) in [7, 11) is 0. The minimum absolute atomic E-state index is 0.182. The largest absolute Gasteiger partial charge is 0.448 e. The van der Waals surface area contributed by atoms with E-state index in [4.69, 9.17) is 5.26 Å². The SMILES string of the molecule is CCOC(=O)NOC(=O)CC#N. The highest BCUT2D eigenvalue weighted by molar-refractivity contribution is 5.74. The Hall–Kier alpha value is -1.77. The van der Waals surface area contributed by atoms with Gasteiger partial charge in [-0.15, -0.1) is 5.48 Å². The molecule has 0 saturated carbocycles. The van der Waals surface area contributed by atoms with Gasteiger partial charge in [-0.3, -0.25) is 0 Å². The average Bonchev–Trinajstić information content (AvgIpc) is 2.02. The van der Waals surface area contributed by atoms with Crippen molar-refractivity contribution in [1.29, 1.82) is 5.26 Å². The van der Waals surface area contributed by atoms with Crippen LogP contribution in [-0.4, -0.2) is 18.7 Å². The number of rotatable bonds is 2. The van der Waals surface area contributed by atoms with Crippen LogP contribution in [0, 0.1) is 11.3 Å². The Morgan fingerprint density at radius 3 is 2.75 bits per heavy atom. The Morgan fingerprint density at radius 1 is 1.58 bits per heavy atom. The maximum Gasteiger partial charge on any atom is 0.440 e. The van der Waals surface area contributed by atoms with Crippen molar-refractivity contribution in [1.82, 2.24) is 5.48 Å². The fourth-order valence-corrected chi connectivity index (χ4v) is 0.360. The average molecular weight is 172 g/mol. The maximum absolute atomic E-state index is 10.5. The first-order valence-electron chi connectivity index (χ1n) is 3.20. The lowest BCUT2D eigenvalue weighted by molar-refractivity contribution is -0.148. The topological polar surface area (TPSA) is 88.4 Å². The minimum atomic E-state index is -0.858. The van der Waals surface area contributed by atoms with Gasteiger partial charge in [0.1, 0.15) is 6.42 Å². The van der Waals surface area contributed by atoms with E-state index in [-0.39, 0.29) is 6.61 Å². The van der Waals surface area contributed by atoms with Crippen LogP contribution in [0.2, 0.25) is 0 Å². The first-order valence-corrected chi connectivity index (χ1v) is 3.20. The standard InChI is InChI=1S/C6H8N2O4/c1-2-11-6(10)8-12-5(9)3-4-7/h2-3H2,1H3,(H,8,10). The zero-order valence-corrected chi connectivity index (χ0v) is 6.49. The smallest absolute Gasteiger partial charge is 0.440 e. The molecule has 0 aromatic rings. The molecule has 0 atom stereocenters. The molecule has 0 aliphatic rings. The van der Waals surface area contributed by atoms with Gasteiger partial charge in [-0.2, -0.15) is 5.26 Å². The van der Waals surface area contributed by atoms with Crippen LogP contribution in [0.5, 0.6) is 0 Å². The fraction of sp³-hybridized carbons (Fsp3) is 0.500. The van der Waals surface area contributed by atoms with Crippen molar-refractivity contribution in [3.8, 4) is 6.07 Å². The van der Waals surface area contributed by atoms with Crippen molar-refractivity contribution < 1.29 is 19.2 Å². The summed E-state index contributed by atoms with van der Waals surface area (Å²) in [6, 6.07) is 1.56. The highest BCUT2D eigenvalue weighted by atomic mass is 16.7. The van der Waals surface area contributed by atoms with Gasteiger partial charge in [0.25, 0.3) is 0 Å². The van der Waals surface area contributed by atoms with Gasteiger partial charge in [0, 0.05) is 0 Å². The first kappa shape index (κ1) is 10.2. The van der Waals surface area contributed by atoms with Crippen molar-refractivity contribution in [2.75, 3.05) is 6.61 Å². The van der Waals surface area contributed by atoms with E-state index in [0.29, 0.717) is 0 Å². The van der Waals surface area contributed by atoms with Gasteiger partial charge >= 0.3 is 12.1 Å². The summed E-state index contributed by atoms with van der Waals surface area (Å²) in [5, 5.41) is 8.01. The molecule has 0 rings (SSSR count). The quantitative estimate of drug-likeness (QED) is 0.597. The van der Waals surface area contributed by atoms with Crippen LogP contribution in [0.25, 0.3) is 0 Å². The molecule has 1 amide bonds. The van der Waals surface area contributed by atoms with E-state index in [1.165, 1.54) is 0 Å². The summed E-state index contributed by atoms with van der Waals surface area (Å²) in [4.78, 5) is 25.0. The summed E-state index contributed by atoms with van der Waals surface area (Å²) >= 11 is 0. The van der Waals surface area contributed by atoms with Crippen molar-refractivity contribution in [3.63, 3.8) is 0 Å². The minimum Gasteiger partial charge on any atom is -0.448 e. The number of hydroxylamine groups is 1. The van der Waals surface area contributed by atoms with Crippen molar-refractivity contribution >= 4 is 12.1 Å². The summed E-state index contributed by atoms with van der Waals surface area (Å²) in [6.45, 7) is 1.79. The number of nitrogens with one attached hydrogen (secondary N) is 1. The highest BCUT2D eigenvalue weighted by Gasteiger charge is 2.05. The molecule has 6 nitrogen and oxygen atoms in total. The third-order valence-corrected chi connectivity index (χ3v) is 0.747. The number of amides is 1. The van der Waals surface area contributed by atoms with Crippen LogP contribution in [0.4, 0.5) is 4.79 Å².